The molecule has 28 heavy (non-hydrogen) atoms. The van der Waals surface area contributed by atoms with Crippen molar-refractivity contribution in [1.82, 2.24) is 5.32 Å². The number of rotatable bonds is 7. The number of amides is 2. The molecule has 3 aromatic rings. The van der Waals surface area contributed by atoms with E-state index in [0.717, 1.165) is 5.69 Å². The summed E-state index contributed by atoms with van der Waals surface area (Å²) in [6.45, 7) is 3.67. The van der Waals surface area contributed by atoms with Gasteiger partial charge in [-0.15, -0.1) is 0 Å². The summed E-state index contributed by atoms with van der Waals surface area (Å²) in [5.41, 5.74) is 3.24. The monoisotopic (exact) mass is 377 g/mol. The molecule has 6 heteroatoms. The summed E-state index contributed by atoms with van der Waals surface area (Å²) >= 11 is 0. The van der Waals surface area contributed by atoms with Gasteiger partial charge >= 0.3 is 0 Å². The molecule has 0 aliphatic carbocycles. The van der Waals surface area contributed by atoms with Crippen molar-refractivity contribution in [2.45, 2.75) is 19.9 Å². The lowest BCUT2D eigenvalue weighted by Gasteiger charge is -2.16. The molecule has 0 spiro atoms. The zero-order chi connectivity index (χ0) is 19.9. The average Bonchev–Trinajstić information content (AvgIpc) is 3.14. The first-order chi connectivity index (χ1) is 13.5. The van der Waals surface area contributed by atoms with E-state index in [4.69, 9.17) is 4.42 Å². The van der Waals surface area contributed by atoms with Gasteiger partial charge in [0.05, 0.1) is 18.4 Å². The largest absolute Gasteiger partial charge is 0.469 e. The zero-order valence-corrected chi connectivity index (χ0v) is 15.9. The Morgan fingerprint density at radius 1 is 0.964 bits per heavy atom. The van der Waals surface area contributed by atoms with E-state index in [2.05, 4.69) is 35.0 Å². The molecule has 0 bridgehead atoms. The quantitative estimate of drug-likeness (QED) is 0.578. The highest BCUT2D eigenvalue weighted by Crippen LogP contribution is 2.20. The first kappa shape index (κ1) is 19.2. The molecule has 3 N–H and O–H groups in total. The third-order valence-electron chi connectivity index (χ3n) is 4.36. The van der Waals surface area contributed by atoms with Crippen LogP contribution in [0.1, 0.15) is 34.6 Å². The summed E-state index contributed by atoms with van der Waals surface area (Å²) in [4.78, 5) is 24.0. The normalized spacial score (nSPS) is 11.5. The average molecular weight is 377 g/mol. The number of hydrogen-bond donors (Lipinski definition) is 3. The maximum Gasteiger partial charge on any atom is 0.255 e. The maximum atomic E-state index is 12.1. The van der Waals surface area contributed by atoms with Gasteiger partial charge in [0.25, 0.3) is 5.91 Å². The number of furan rings is 1. The molecular weight excluding hydrogens is 354 g/mol. The van der Waals surface area contributed by atoms with E-state index in [1.807, 2.05) is 42.5 Å². The van der Waals surface area contributed by atoms with Gasteiger partial charge in [-0.25, -0.2) is 0 Å². The highest BCUT2D eigenvalue weighted by molar-refractivity contribution is 5.99. The molecule has 0 aliphatic rings. The second-order valence-corrected chi connectivity index (χ2v) is 6.48. The van der Waals surface area contributed by atoms with Crippen LogP contribution in [-0.4, -0.2) is 18.4 Å². The van der Waals surface area contributed by atoms with E-state index in [1.54, 1.807) is 13.0 Å². The van der Waals surface area contributed by atoms with E-state index in [1.165, 1.54) is 11.8 Å². The van der Waals surface area contributed by atoms with E-state index in [-0.39, 0.29) is 24.4 Å². The summed E-state index contributed by atoms with van der Waals surface area (Å²) in [5, 5.41) is 8.76. The van der Waals surface area contributed by atoms with Gasteiger partial charge in [-0.3, -0.25) is 9.59 Å². The van der Waals surface area contributed by atoms with Crippen LogP contribution in [0.4, 0.5) is 11.4 Å². The summed E-state index contributed by atoms with van der Waals surface area (Å²) < 4.78 is 5.09. The van der Waals surface area contributed by atoms with Crippen LogP contribution in [0.5, 0.6) is 0 Å². The number of benzene rings is 2. The van der Waals surface area contributed by atoms with E-state index >= 15 is 0 Å². The molecule has 2 amide bonds. The molecule has 0 unspecified atom stereocenters. The molecule has 0 fully saturated rings. The third kappa shape index (κ3) is 5.01. The second-order valence-electron chi connectivity index (χ2n) is 6.48. The predicted molar refractivity (Wildman–Crippen MR) is 109 cm³/mol. The Hall–Kier alpha value is -3.54. The smallest absolute Gasteiger partial charge is 0.255 e. The molecule has 6 nitrogen and oxygen atoms in total. The lowest BCUT2D eigenvalue weighted by Crippen LogP contribution is -2.32. The molecular formula is C22H23N3O3. The summed E-state index contributed by atoms with van der Waals surface area (Å²) in [6, 6.07) is 19.4. The van der Waals surface area contributed by atoms with Gasteiger partial charge in [-0.1, -0.05) is 30.3 Å². The van der Waals surface area contributed by atoms with Crippen LogP contribution in [-0.2, 0) is 4.79 Å². The molecule has 0 saturated heterocycles. The topological polar surface area (TPSA) is 83.4 Å². The third-order valence-corrected chi connectivity index (χ3v) is 4.36. The number of carbonyl (C=O) groups is 2. The Labute approximate surface area is 164 Å². The summed E-state index contributed by atoms with van der Waals surface area (Å²) in [5.74, 6) is -0.116. The van der Waals surface area contributed by atoms with Crippen molar-refractivity contribution in [2.24, 2.45) is 0 Å². The van der Waals surface area contributed by atoms with Gasteiger partial charge in [-0.2, -0.15) is 0 Å². The fourth-order valence-electron chi connectivity index (χ4n) is 2.81. The van der Waals surface area contributed by atoms with Crippen LogP contribution < -0.4 is 16.0 Å². The van der Waals surface area contributed by atoms with Crippen molar-refractivity contribution in [1.29, 1.82) is 0 Å². The standard InChI is InChI=1S/C22H23N3O3/c1-15(17-6-4-3-5-7-17)24-18-8-10-19(11-9-18)25-21(26)14-23-22(27)20-12-13-28-16(20)2/h3-13,15,24H,14H2,1-2H3,(H,23,27)(H,25,26)/t15-/m0/s1. The molecule has 0 saturated carbocycles. The minimum absolute atomic E-state index is 0.117. The SMILES string of the molecule is Cc1occc1C(=O)NCC(=O)Nc1ccc(N[C@@H](C)c2ccccc2)cc1. The first-order valence-electron chi connectivity index (χ1n) is 9.06. The van der Waals surface area contributed by atoms with Crippen molar-refractivity contribution >= 4 is 23.2 Å². The number of carbonyl (C=O) groups excluding carboxylic acids is 2. The van der Waals surface area contributed by atoms with Gasteiger partial charge in [-0.05, 0) is 49.7 Å². The molecule has 0 aliphatic heterocycles. The molecule has 1 heterocycles. The van der Waals surface area contributed by atoms with Crippen molar-refractivity contribution in [3.8, 4) is 0 Å². The first-order valence-corrected chi connectivity index (χ1v) is 9.06. The van der Waals surface area contributed by atoms with Crippen LogP contribution >= 0.6 is 0 Å². The van der Waals surface area contributed by atoms with Crippen LogP contribution in [0, 0.1) is 6.92 Å². The second kappa shape index (κ2) is 8.90. The van der Waals surface area contributed by atoms with E-state index < -0.39 is 0 Å². The predicted octanol–water partition coefficient (Wildman–Crippen LogP) is 4.13. The fourth-order valence-corrected chi connectivity index (χ4v) is 2.81. The lowest BCUT2D eigenvalue weighted by atomic mass is 10.1. The Bertz CT molecular complexity index is 933. The fraction of sp³-hybridized carbons (Fsp3) is 0.182. The lowest BCUT2D eigenvalue weighted by molar-refractivity contribution is -0.115. The highest BCUT2D eigenvalue weighted by Gasteiger charge is 2.12. The summed E-state index contributed by atoms with van der Waals surface area (Å²) in [7, 11) is 0. The van der Waals surface area contributed by atoms with Gasteiger partial charge in [0.15, 0.2) is 0 Å². The Kier molecular flexibility index (Phi) is 6.11. The van der Waals surface area contributed by atoms with Crippen LogP contribution in [0.25, 0.3) is 0 Å². The van der Waals surface area contributed by atoms with Gasteiger partial charge < -0.3 is 20.4 Å². The molecule has 0 radical (unpaired) electrons. The number of anilines is 2. The van der Waals surface area contributed by atoms with Gasteiger partial charge in [0.2, 0.25) is 5.91 Å². The summed E-state index contributed by atoms with van der Waals surface area (Å²) in [6.07, 6.45) is 1.44. The molecule has 144 valence electrons. The number of nitrogens with one attached hydrogen (secondary N) is 3. The van der Waals surface area contributed by atoms with Crippen molar-refractivity contribution in [2.75, 3.05) is 17.2 Å². The zero-order valence-electron chi connectivity index (χ0n) is 15.9. The Balaban J connectivity index is 1.49. The van der Waals surface area contributed by atoms with Crippen LogP contribution in [0.15, 0.2) is 71.3 Å². The van der Waals surface area contributed by atoms with Crippen LogP contribution in [0.3, 0.4) is 0 Å². The van der Waals surface area contributed by atoms with E-state index in [0.29, 0.717) is 17.0 Å². The minimum atomic E-state index is -0.337. The van der Waals surface area contributed by atoms with Gasteiger partial charge in [0.1, 0.15) is 5.76 Å². The minimum Gasteiger partial charge on any atom is -0.469 e. The molecule has 1 aromatic heterocycles. The van der Waals surface area contributed by atoms with E-state index in [9.17, 15) is 9.59 Å². The molecule has 1 atom stereocenters. The maximum absolute atomic E-state index is 12.1. The molecule has 2 aromatic carbocycles. The van der Waals surface area contributed by atoms with Crippen molar-refractivity contribution < 1.29 is 14.0 Å². The van der Waals surface area contributed by atoms with Crippen molar-refractivity contribution in [3.63, 3.8) is 0 Å². The van der Waals surface area contributed by atoms with Crippen molar-refractivity contribution in [3.05, 3.63) is 83.8 Å². The number of aryl methyl sites for hydroxylation is 1. The highest BCUT2D eigenvalue weighted by atomic mass is 16.3. The Morgan fingerprint density at radius 2 is 1.64 bits per heavy atom. The number of hydrogen-bond acceptors (Lipinski definition) is 4. The molecule has 3 rings (SSSR count). The van der Waals surface area contributed by atoms with Crippen LogP contribution in [0.2, 0.25) is 0 Å². The van der Waals surface area contributed by atoms with Gasteiger partial charge in [0, 0.05) is 17.4 Å². The Morgan fingerprint density at radius 3 is 2.29 bits per heavy atom.